The topological polar surface area (TPSA) is 93.9 Å². The molecule has 1 aromatic heterocycles. The predicted octanol–water partition coefficient (Wildman–Crippen LogP) is 3.19. The molecular weight excluding hydrogens is 388 g/mol. The lowest BCUT2D eigenvalue weighted by Gasteiger charge is -2.18. The number of hydrogen-bond donors (Lipinski definition) is 1. The Bertz CT molecular complexity index is 1140. The van der Waals surface area contributed by atoms with Gasteiger partial charge < -0.3 is 9.88 Å². The first-order valence-electron chi connectivity index (χ1n) is 9.17. The van der Waals surface area contributed by atoms with Crippen LogP contribution < -0.4 is 5.32 Å². The molecule has 1 amide bonds. The number of thioether (sulfide) groups is 1. The maximum Gasteiger partial charge on any atom is 0.237 e. The minimum absolute atomic E-state index is 0.184. The number of aromatic nitrogens is 3. The van der Waals surface area contributed by atoms with Gasteiger partial charge in [-0.25, -0.2) is 0 Å². The molecule has 0 bridgehead atoms. The molecule has 0 spiro atoms. The first-order chi connectivity index (χ1) is 14.0. The van der Waals surface area contributed by atoms with Crippen LogP contribution in [0.4, 0.5) is 5.69 Å². The Balaban J connectivity index is 1.54. The molecule has 0 saturated heterocycles. The second kappa shape index (κ2) is 7.63. The molecule has 0 fully saturated rings. The van der Waals surface area contributed by atoms with E-state index < -0.39 is 5.25 Å². The fourth-order valence-corrected chi connectivity index (χ4v) is 4.07. The lowest BCUT2D eigenvalue weighted by molar-refractivity contribution is -0.115. The second-order valence-electron chi connectivity index (χ2n) is 6.61. The monoisotopic (exact) mass is 406 g/mol. The molecule has 1 aliphatic rings. The predicted molar refractivity (Wildman–Crippen MR) is 109 cm³/mol. The van der Waals surface area contributed by atoms with Crippen molar-refractivity contribution in [1.29, 1.82) is 0 Å². The number of nitrogens with one attached hydrogen (secondary N) is 1. The number of fused-ring (bicyclic) bond motifs is 2. The number of anilines is 1. The summed E-state index contributed by atoms with van der Waals surface area (Å²) >= 11 is 1.31. The van der Waals surface area contributed by atoms with Gasteiger partial charge in [0.2, 0.25) is 5.91 Å². The van der Waals surface area contributed by atoms with Crippen LogP contribution in [0.15, 0.2) is 53.9 Å². The van der Waals surface area contributed by atoms with E-state index in [0.29, 0.717) is 39.6 Å². The Hall–Kier alpha value is -3.26. The maximum absolute atomic E-state index is 12.8. The summed E-state index contributed by atoms with van der Waals surface area (Å²) in [6.07, 6.45) is 1.62. The van der Waals surface area contributed by atoms with Crippen LogP contribution in [0.5, 0.6) is 0 Å². The SMILES string of the molecule is CCn1cnnc1S[C@H](C)C(=O)Nc1ccc2c(c1)C(=O)c1ccccc1C2=O. The largest absolute Gasteiger partial charge is 0.325 e. The summed E-state index contributed by atoms with van der Waals surface area (Å²) in [6, 6.07) is 11.6. The minimum atomic E-state index is -0.418. The second-order valence-corrected chi connectivity index (χ2v) is 7.92. The Morgan fingerprint density at radius 1 is 1.07 bits per heavy atom. The van der Waals surface area contributed by atoms with E-state index in [9.17, 15) is 14.4 Å². The standard InChI is InChI=1S/C21H18N4O3S/c1-3-25-11-22-24-21(25)29-12(2)20(28)23-13-8-9-16-17(10-13)19(27)15-7-5-4-6-14(15)18(16)26/h4-12H,3H2,1-2H3,(H,23,28)/t12-/m1/s1. The zero-order valence-electron chi connectivity index (χ0n) is 15.9. The van der Waals surface area contributed by atoms with Gasteiger partial charge in [0.25, 0.3) is 0 Å². The first-order valence-corrected chi connectivity index (χ1v) is 10.1. The van der Waals surface area contributed by atoms with Gasteiger partial charge in [-0.15, -0.1) is 10.2 Å². The number of rotatable bonds is 5. The van der Waals surface area contributed by atoms with Crippen molar-refractivity contribution in [3.8, 4) is 0 Å². The smallest absolute Gasteiger partial charge is 0.237 e. The lowest BCUT2D eigenvalue weighted by Crippen LogP contribution is -2.24. The molecule has 1 N–H and O–H groups in total. The molecule has 1 heterocycles. The van der Waals surface area contributed by atoms with Crippen molar-refractivity contribution < 1.29 is 14.4 Å². The first kappa shape index (κ1) is 19.1. The van der Waals surface area contributed by atoms with Crippen molar-refractivity contribution in [2.75, 3.05) is 5.32 Å². The number of nitrogens with zero attached hydrogens (tertiary/aromatic N) is 3. The summed E-state index contributed by atoms with van der Waals surface area (Å²) in [5.41, 5.74) is 1.92. The van der Waals surface area contributed by atoms with E-state index in [1.165, 1.54) is 11.8 Å². The summed E-state index contributed by atoms with van der Waals surface area (Å²) in [6.45, 7) is 4.46. The summed E-state index contributed by atoms with van der Waals surface area (Å²) in [7, 11) is 0. The van der Waals surface area contributed by atoms with Crippen molar-refractivity contribution >= 4 is 34.9 Å². The van der Waals surface area contributed by atoms with E-state index in [4.69, 9.17) is 0 Å². The number of carbonyl (C=O) groups excluding carboxylic acids is 3. The molecule has 8 heteroatoms. The van der Waals surface area contributed by atoms with Gasteiger partial charge in [-0.3, -0.25) is 14.4 Å². The third-order valence-electron chi connectivity index (χ3n) is 4.76. The van der Waals surface area contributed by atoms with Crippen LogP contribution in [0.2, 0.25) is 0 Å². The summed E-state index contributed by atoms with van der Waals surface area (Å²) < 4.78 is 1.86. The average molecular weight is 406 g/mol. The highest BCUT2D eigenvalue weighted by Gasteiger charge is 2.29. The number of amides is 1. The summed E-state index contributed by atoms with van der Waals surface area (Å²) in [5, 5.41) is 11.0. The van der Waals surface area contributed by atoms with Gasteiger partial charge in [0.1, 0.15) is 6.33 Å². The number of hydrogen-bond acceptors (Lipinski definition) is 6. The van der Waals surface area contributed by atoms with Crippen LogP contribution in [0, 0.1) is 0 Å². The van der Waals surface area contributed by atoms with Gasteiger partial charge in [0.15, 0.2) is 16.7 Å². The number of aryl methyl sites for hydroxylation is 1. The van der Waals surface area contributed by atoms with Gasteiger partial charge in [-0.2, -0.15) is 0 Å². The normalized spacial score (nSPS) is 13.6. The maximum atomic E-state index is 12.8. The molecule has 4 rings (SSSR count). The highest BCUT2D eigenvalue weighted by atomic mass is 32.2. The molecule has 3 aromatic rings. The van der Waals surface area contributed by atoms with E-state index in [2.05, 4.69) is 15.5 Å². The van der Waals surface area contributed by atoms with Crippen LogP contribution in [-0.4, -0.2) is 37.5 Å². The highest BCUT2D eigenvalue weighted by Crippen LogP contribution is 2.29. The molecule has 1 atom stereocenters. The summed E-state index contributed by atoms with van der Waals surface area (Å²) in [5.74, 6) is -0.628. The Labute approximate surface area is 171 Å². The lowest BCUT2D eigenvalue weighted by atomic mass is 9.84. The van der Waals surface area contributed by atoms with Gasteiger partial charge in [-0.05, 0) is 32.0 Å². The molecule has 2 aromatic carbocycles. The van der Waals surface area contributed by atoms with Crippen LogP contribution in [0.3, 0.4) is 0 Å². The van der Waals surface area contributed by atoms with Crippen LogP contribution in [0.1, 0.15) is 45.7 Å². The Morgan fingerprint density at radius 2 is 1.72 bits per heavy atom. The van der Waals surface area contributed by atoms with Crippen LogP contribution >= 0.6 is 11.8 Å². The molecule has 29 heavy (non-hydrogen) atoms. The van der Waals surface area contributed by atoms with Gasteiger partial charge in [-0.1, -0.05) is 36.0 Å². The van der Waals surface area contributed by atoms with Crippen LogP contribution in [-0.2, 0) is 11.3 Å². The fourth-order valence-electron chi connectivity index (χ4n) is 3.19. The van der Waals surface area contributed by atoms with E-state index >= 15 is 0 Å². The molecule has 1 aliphatic carbocycles. The van der Waals surface area contributed by atoms with Gasteiger partial charge in [0, 0.05) is 34.5 Å². The van der Waals surface area contributed by atoms with E-state index in [1.807, 2.05) is 11.5 Å². The molecular formula is C21H18N4O3S. The molecule has 0 saturated carbocycles. The third-order valence-corrected chi connectivity index (χ3v) is 5.86. The quantitative estimate of drug-likeness (QED) is 0.512. The molecule has 7 nitrogen and oxygen atoms in total. The van der Waals surface area contributed by atoms with Gasteiger partial charge in [0.05, 0.1) is 5.25 Å². The third kappa shape index (κ3) is 3.47. The zero-order valence-corrected chi connectivity index (χ0v) is 16.7. The van der Waals surface area contributed by atoms with Crippen molar-refractivity contribution in [3.63, 3.8) is 0 Å². The van der Waals surface area contributed by atoms with Crippen molar-refractivity contribution in [2.24, 2.45) is 0 Å². The summed E-state index contributed by atoms with van der Waals surface area (Å²) in [4.78, 5) is 38.1. The minimum Gasteiger partial charge on any atom is -0.325 e. The van der Waals surface area contributed by atoms with Crippen molar-refractivity contribution in [3.05, 3.63) is 71.0 Å². The zero-order chi connectivity index (χ0) is 20.5. The molecule has 0 unspecified atom stereocenters. The molecule has 146 valence electrons. The van der Waals surface area contributed by atoms with E-state index in [0.717, 1.165) is 0 Å². The average Bonchev–Trinajstić information content (AvgIpc) is 3.19. The molecule has 0 aliphatic heterocycles. The Morgan fingerprint density at radius 3 is 2.41 bits per heavy atom. The number of ketones is 2. The number of carbonyl (C=O) groups is 3. The Kier molecular flexibility index (Phi) is 5.02. The van der Waals surface area contributed by atoms with Gasteiger partial charge >= 0.3 is 0 Å². The van der Waals surface area contributed by atoms with Crippen LogP contribution in [0.25, 0.3) is 0 Å². The fraction of sp³-hybridized carbons (Fsp3) is 0.190. The van der Waals surface area contributed by atoms with E-state index in [1.54, 1.807) is 55.7 Å². The van der Waals surface area contributed by atoms with Crippen molar-refractivity contribution in [1.82, 2.24) is 14.8 Å². The highest BCUT2D eigenvalue weighted by molar-refractivity contribution is 8.00. The number of benzene rings is 2. The van der Waals surface area contributed by atoms with Crippen molar-refractivity contribution in [2.45, 2.75) is 30.8 Å². The molecule has 0 radical (unpaired) electrons. The van der Waals surface area contributed by atoms with E-state index in [-0.39, 0.29) is 17.5 Å².